The van der Waals surface area contributed by atoms with Crippen molar-refractivity contribution in [1.29, 1.82) is 0 Å². The Kier molecular flexibility index (Phi) is 5.53. The van der Waals surface area contributed by atoms with Gasteiger partial charge in [-0.25, -0.2) is 0 Å². The molecular weight excluding hydrogens is 295 g/mol. The number of carbonyl (C=O) groups excluding carboxylic acids is 1. The molecule has 1 aromatic rings. The summed E-state index contributed by atoms with van der Waals surface area (Å²) in [4.78, 5) is 11.8. The molecule has 0 atom stereocenters. The lowest BCUT2D eigenvalue weighted by Crippen LogP contribution is -2.57. The normalized spacial score (nSPS) is 12.1. The maximum absolute atomic E-state index is 12.0. The van der Waals surface area contributed by atoms with Crippen LogP contribution in [-0.4, -0.2) is 52.9 Å². The van der Waals surface area contributed by atoms with Crippen molar-refractivity contribution in [3.63, 3.8) is 0 Å². The van der Waals surface area contributed by atoms with E-state index in [1.807, 2.05) is 0 Å². The van der Waals surface area contributed by atoms with E-state index in [2.05, 4.69) is 10.1 Å². The average Bonchev–Trinajstić information content (AvgIpc) is 2.44. The summed E-state index contributed by atoms with van der Waals surface area (Å²) < 4.78 is 39.6. The van der Waals surface area contributed by atoms with Gasteiger partial charge in [0.25, 0.3) is 5.91 Å². The number of amides is 1. The minimum atomic E-state index is -4.83. The molecule has 0 unspecified atom stereocenters. The number of aliphatic hydroxyl groups is 3. The van der Waals surface area contributed by atoms with Crippen molar-refractivity contribution in [2.45, 2.75) is 11.9 Å². The van der Waals surface area contributed by atoms with Crippen LogP contribution in [0.5, 0.6) is 5.75 Å². The Balaban J connectivity index is 2.80. The number of nitrogens with one attached hydrogen (secondary N) is 1. The number of aliphatic hydroxyl groups excluding tert-OH is 3. The van der Waals surface area contributed by atoms with Crippen LogP contribution in [-0.2, 0) is 0 Å². The highest BCUT2D eigenvalue weighted by atomic mass is 19.4. The van der Waals surface area contributed by atoms with Crippen molar-refractivity contribution in [2.24, 2.45) is 0 Å². The minimum absolute atomic E-state index is 0.0238. The number of halogens is 3. The number of hydrogen-bond donors (Lipinski definition) is 4. The first-order valence-corrected chi connectivity index (χ1v) is 5.76. The smallest absolute Gasteiger partial charge is 0.406 e. The lowest BCUT2D eigenvalue weighted by Gasteiger charge is -2.28. The average molecular weight is 309 g/mol. The van der Waals surface area contributed by atoms with E-state index in [0.717, 1.165) is 24.3 Å². The Morgan fingerprint density at radius 3 is 1.90 bits per heavy atom. The van der Waals surface area contributed by atoms with Crippen molar-refractivity contribution < 1.29 is 38.0 Å². The second-order valence-corrected chi connectivity index (χ2v) is 4.28. The molecule has 0 bridgehead atoms. The molecule has 6 nitrogen and oxygen atoms in total. The van der Waals surface area contributed by atoms with Gasteiger partial charge < -0.3 is 25.4 Å². The Hall–Kier alpha value is -1.84. The number of alkyl halides is 3. The largest absolute Gasteiger partial charge is 0.573 e. The maximum atomic E-state index is 12.0. The molecule has 0 fully saturated rings. The van der Waals surface area contributed by atoms with E-state index in [9.17, 15) is 18.0 Å². The molecule has 21 heavy (non-hydrogen) atoms. The fourth-order valence-corrected chi connectivity index (χ4v) is 1.39. The first kappa shape index (κ1) is 17.2. The molecule has 0 aliphatic rings. The van der Waals surface area contributed by atoms with Crippen LogP contribution in [0.3, 0.4) is 0 Å². The van der Waals surface area contributed by atoms with Gasteiger partial charge in [0.1, 0.15) is 11.3 Å². The third kappa shape index (κ3) is 4.88. The topological polar surface area (TPSA) is 99.0 Å². The van der Waals surface area contributed by atoms with Crippen molar-refractivity contribution in [1.82, 2.24) is 5.32 Å². The van der Waals surface area contributed by atoms with Gasteiger partial charge in [0, 0.05) is 5.56 Å². The van der Waals surface area contributed by atoms with Gasteiger partial charge in [0.05, 0.1) is 19.8 Å². The second kappa shape index (κ2) is 6.74. The van der Waals surface area contributed by atoms with Crippen LogP contribution in [0.1, 0.15) is 10.4 Å². The summed E-state index contributed by atoms with van der Waals surface area (Å²) in [5.41, 5.74) is -1.64. The zero-order valence-electron chi connectivity index (χ0n) is 10.7. The molecule has 0 aliphatic heterocycles. The lowest BCUT2D eigenvalue weighted by atomic mass is 10.0. The van der Waals surface area contributed by atoms with Gasteiger partial charge in [-0.2, -0.15) is 0 Å². The SMILES string of the molecule is O=C(NC(CO)(CO)CO)c1ccc(OC(F)(F)F)cc1. The Morgan fingerprint density at radius 1 is 1.05 bits per heavy atom. The fraction of sp³-hybridized carbons (Fsp3) is 0.417. The minimum Gasteiger partial charge on any atom is -0.406 e. The molecule has 1 aromatic carbocycles. The Morgan fingerprint density at radius 2 is 1.52 bits per heavy atom. The van der Waals surface area contributed by atoms with Crippen LogP contribution in [0.15, 0.2) is 24.3 Å². The second-order valence-electron chi connectivity index (χ2n) is 4.28. The van der Waals surface area contributed by atoms with E-state index in [1.165, 1.54) is 0 Å². The molecule has 1 rings (SSSR count). The zero-order chi connectivity index (χ0) is 16.1. The standard InChI is InChI=1S/C12H14F3NO5/c13-12(14,15)21-9-3-1-8(2-4-9)10(20)16-11(5-17,6-18)7-19/h1-4,17-19H,5-7H2,(H,16,20). The highest BCUT2D eigenvalue weighted by molar-refractivity contribution is 5.94. The summed E-state index contributed by atoms with van der Waals surface area (Å²) in [5.74, 6) is -1.26. The fourth-order valence-electron chi connectivity index (χ4n) is 1.39. The monoisotopic (exact) mass is 309 g/mol. The quantitative estimate of drug-likeness (QED) is 0.594. The van der Waals surface area contributed by atoms with E-state index in [1.54, 1.807) is 0 Å². The van der Waals surface area contributed by atoms with Gasteiger partial charge in [0.2, 0.25) is 0 Å². The van der Waals surface area contributed by atoms with Gasteiger partial charge in [-0.05, 0) is 24.3 Å². The summed E-state index contributed by atoms with van der Waals surface area (Å²) in [5, 5.41) is 29.4. The first-order chi connectivity index (χ1) is 9.75. The number of carbonyl (C=O) groups is 1. The van der Waals surface area contributed by atoms with E-state index in [0.29, 0.717) is 0 Å². The first-order valence-electron chi connectivity index (χ1n) is 5.76. The summed E-state index contributed by atoms with van der Waals surface area (Å²) in [6.45, 7) is -2.12. The molecule has 9 heteroatoms. The van der Waals surface area contributed by atoms with Gasteiger partial charge in [0.15, 0.2) is 0 Å². The summed E-state index contributed by atoms with van der Waals surface area (Å²) in [6, 6.07) is 4.04. The van der Waals surface area contributed by atoms with Crippen LogP contribution in [0.4, 0.5) is 13.2 Å². The van der Waals surface area contributed by atoms with E-state index >= 15 is 0 Å². The zero-order valence-corrected chi connectivity index (χ0v) is 10.7. The lowest BCUT2D eigenvalue weighted by molar-refractivity contribution is -0.274. The highest BCUT2D eigenvalue weighted by Gasteiger charge is 2.32. The van der Waals surface area contributed by atoms with Crippen molar-refractivity contribution in [2.75, 3.05) is 19.8 Å². The van der Waals surface area contributed by atoms with Gasteiger partial charge >= 0.3 is 6.36 Å². The third-order valence-electron chi connectivity index (χ3n) is 2.64. The Bertz CT molecular complexity index is 463. The third-order valence-corrected chi connectivity index (χ3v) is 2.64. The molecule has 0 saturated carbocycles. The highest BCUT2D eigenvalue weighted by Crippen LogP contribution is 2.22. The molecule has 0 saturated heterocycles. The molecule has 0 aliphatic carbocycles. The van der Waals surface area contributed by atoms with Crippen LogP contribution in [0.25, 0.3) is 0 Å². The molecule has 0 radical (unpaired) electrons. The predicted octanol–water partition coefficient (Wildman–Crippen LogP) is 0.0307. The van der Waals surface area contributed by atoms with Gasteiger partial charge in [-0.3, -0.25) is 4.79 Å². The van der Waals surface area contributed by atoms with E-state index < -0.39 is 43.4 Å². The number of rotatable bonds is 6. The molecule has 1 amide bonds. The van der Waals surface area contributed by atoms with Gasteiger partial charge in [-0.1, -0.05) is 0 Å². The van der Waals surface area contributed by atoms with Crippen molar-refractivity contribution in [3.8, 4) is 5.75 Å². The molecule has 0 spiro atoms. The summed E-state index contributed by atoms with van der Waals surface area (Å²) in [7, 11) is 0. The summed E-state index contributed by atoms with van der Waals surface area (Å²) >= 11 is 0. The van der Waals surface area contributed by atoms with Crippen LogP contribution >= 0.6 is 0 Å². The molecular formula is C12H14F3NO5. The van der Waals surface area contributed by atoms with Crippen LogP contribution in [0, 0.1) is 0 Å². The summed E-state index contributed by atoms with van der Waals surface area (Å²) in [6.07, 6.45) is -4.83. The molecule has 0 heterocycles. The van der Waals surface area contributed by atoms with Crippen LogP contribution in [0.2, 0.25) is 0 Å². The van der Waals surface area contributed by atoms with Crippen molar-refractivity contribution >= 4 is 5.91 Å². The molecule has 4 N–H and O–H groups in total. The number of hydrogen-bond acceptors (Lipinski definition) is 5. The number of ether oxygens (including phenoxy) is 1. The maximum Gasteiger partial charge on any atom is 0.573 e. The number of benzene rings is 1. The van der Waals surface area contributed by atoms with E-state index in [-0.39, 0.29) is 5.56 Å². The Labute approximate surface area is 117 Å². The van der Waals surface area contributed by atoms with Crippen LogP contribution < -0.4 is 10.1 Å². The molecule has 118 valence electrons. The predicted molar refractivity (Wildman–Crippen MR) is 64.6 cm³/mol. The molecule has 0 aromatic heterocycles. The van der Waals surface area contributed by atoms with E-state index in [4.69, 9.17) is 15.3 Å². The van der Waals surface area contributed by atoms with Crippen molar-refractivity contribution in [3.05, 3.63) is 29.8 Å². The van der Waals surface area contributed by atoms with Gasteiger partial charge in [-0.15, -0.1) is 13.2 Å².